The Hall–Kier alpha value is -1.78. The van der Waals surface area contributed by atoms with E-state index < -0.39 is 0 Å². The third kappa shape index (κ3) is 9.43. The standard InChI is InChI=1S/C11H18O2.C11H18O.CO2/c1-9(2)7-11(8-13-11)10(3)5-4-6-12;1-5-6-10(4)11(8-12-11)7-9(2)3;2-1-3/h4-5,10,12H,1,6-8H2,2-3H3;5-6,10H,2,7-8H2,1,3-4H3;/b5-4+;6-5+;/t2*10-,11-;/m11./s1. The largest absolute Gasteiger partial charge is 0.392 e. The van der Waals surface area contributed by atoms with E-state index in [0.29, 0.717) is 11.8 Å². The lowest BCUT2D eigenvalue weighted by atomic mass is 9.89. The molecule has 0 amide bonds. The van der Waals surface area contributed by atoms with Gasteiger partial charge in [-0.05, 0) is 33.6 Å². The van der Waals surface area contributed by atoms with Gasteiger partial charge in [-0.3, -0.25) is 0 Å². The van der Waals surface area contributed by atoms with Crippen molar-refractivity contribution in [1.29, 1.82) is 0 Å². The first-order valence-electron chi connectivity index (χ1n) is 9.59. The van der Waals surface area contributed by atoms with Crippen molar-refractivity contribution in [2.24, 2.45) is 11.8 Å². The highest BCUT2D eigenvalue weighted by atomic mass is 16.6. The fourth-order valence-electron chi connectivity index (χ4n) is 3.16. The van der Waals surface area contributed by atoms with Crippen molar-refractivity contribution in [3.63, 3.8) is 0 Å². The molecule has 0 aromatic carbocycles. The summed E-state index contributed by atoms with van der Waals surface area (Å²) in [5, 5.41) is 8.64. The molecule has 0 radical (unpaired) electrons. The highest BCUT2D eigenvalue weighted by Gasteiger charge is 2.48. The molecule has 2 aliphatic heterocycles. The minimum atomic E-state index is -0.0164. The van der Waals surface area contributed by atoms with Crippen LogP contribution in [0.4, 0.5) is 0 Å². The second-order valence-corrected chi connectivity index (χ2v) is 7.77. The Kier molecular flexibility index (Phi) is 11.8. The van der Waals surface area contributed by atoms with Crippen LogP contribution in [0, 0.1) is 11.8 Å². The molecule has 5 heteroatoms. The Balaban J connectivity index is 0.000000458. The molecular formula is C23H36O5. The van der Waals surface area contributed by atoms with Gasteiger partial charge >= 0.3 is 6.15 Å². The number of ether oxygens (including phenoxy) is 2. The van der Waals surface area contributed by atoms with Gasteiger partial charge in [-0.2, -0.15) is 9.59 Å². The first kappa shape index (κ1) is 26.2. The van der Waals surface area contributed by atoms with Crippen LogP contribution in [-0.4, -0.2) is 42.3 Å². The van der Waals surface area contributed by atoms with Gasteiger partial charge in [0.15, 0.2) is 0 Å². The van der Waals surface area contributed by atoms with Gasteiger partial charge in [-0.15, -0.1) is 13.2 Å². The van der Waals surface area contributed by atoms with Crippen LogP contribution in [0.1, 0.15) is 47.5 Å². The minimum Gasteiger partial charge on any atom is -0.392 e. The summed E-state index contributed by atoms with van der Waals surface area (Å²) in [6, 6.07) is 0. The molecule has 0 aromatic heterocycles. The minimum absolute atomic E-state index is 0.0164. The van der Waals surface area contributed by atoms with E-state index in [1.54, 1.807) is 6.08 Å². The maximum Gasteiger partial charge on any atom is 0.373 e. The molecule has 0 aromatic rings. The predicted molar refractivity (Wildman–Crippen MR) is 111 cm³/mol. The number of carbonyl (C=O) groups excluding carboxylic acids is 2. The lowest BCUT2D eigenvalue weighted by Gasteiger charge is -2.16. The third-order valence-electron chi connectivity index (χ3n) is 4.90. The molecule has 158 valence electrons. The van der Waals surface area contributed by atoms with Gasteiger partial charge in [-0.1, -0.05) is 49.3 Å². The molecule has 4 atom stereocenters. The molecule has 2 saturated heterocycles. The van der Waals surface area contributed by atoms with Crippen molar-refractivity contribution >= 4 is 6.15 Å². The monoisotopic (exact) mass is 392 g/mol. The van der Waals surface area contributed by atoms with Crippen LogP contribution in [0.25, 0.3) is 0 Å². The second kappa shape index (κ2) is 12.6. The summed E-state index contributed by atoms with van der Waals surface area (Å²) in [7, 11) is 0. The molecule has 28 heavy (non-hydrogen) atoms. The number of aliphatic hydroxyl groups excluding tert-OH is 1. The van der Waals surface area contributed by atoms with Crippen LogP contribution in [0.15, 0.2) is 48.6 Å². The number of aliphatic hydroxyl groups is 1. The Morgan fingerprint density at radius 3 is 1.64 bits per heavy atom. The number of epoxide rings is 2. The molecule has 5 nitrogen and oxygen atoms in total. The second-order valence-electron chi connectivity index (χ2n) is 7.77. The Bertz CT molecular complexity index is 588. The van der Waals surface area contributed by atoms with E-state index in [4.69, 9.17) is 24.2 Å². The van der Waals surface area contributed by atoms with Gasteiger partial charge in [-0.25, -0.2) is 0 Å². The van der Waals surface area contributed by atoms with E-state index in [2.05, 4.69) is 46.1 Å². The third-order valence-corrected chi connectivity index (χ3v) is 4.90. The van der Waals surface area contributed by atoms with Gasteiger partial charge in [0, 0.05) is 11.8 Å². The molecule has 0 saturated carbocycles. The van der Waals surface area contributed by atoms with E-state index in [9.17, 15) is 0 Å². The summed E-state index contributed by atoms with van der Waals surface area (Å²) in [6.07, 6.45) is 10.2. The quantitative estimate of drug-likeness (QED) is 0.468. The Labute approximate surface area is 169 Å². The molecule has 0 bridgehead atoms. The topological polar surface area (TPSA) is 79.4 Å². The smallest absolute Gasteiger partial charge is 0.373 e. The zero-order valence-corrected chi connectivity index (χ0v) is 18.0. The van der Waals surface area contributed by atoms with E-state index >= 15 is 0 Å². The Morgan fingerprint density at radius 2 is 1.39 bits per heavy atom. The Morgan fingerprint density at radius 1 is 1.04 bits per heavy atom. The summed E-state index contributed by atoms with van der Waals surface area (Å²) in [5.41, 5.74) is 2.45. The van der Waals surface area contributed by atoms with Crippen molar-refractivity contribution in [2.45, 2.75) is 58.7 Å². The van der Waals surface area contributed by atoms with Crippen LogP contribution < -0.4 is 0 Å². The van der Waals surface area contributed by atoms with Gasteiger partial charge in [0.1, 0.15) is 11.2 Å². The van der Waals surface area contributed by atoms with Gasteiger partial charge in [0.05, 0.1) is 19.8 Å². The van der Waals surface area contributed by atoms with Crippen molar-refractivity contribution in [2.75, 3.05) is 19.8 Å². The zero-order chi connectivity index (χ0) is 21.8. The molecule has 2 heterocycles. The fraction of sp³-hybridized carbons (Fsp3) is 0.609. The average Bonchev–Trinajstić information content (AvgIpc) is 3.51. The fourth-order valence-corrected chi connectivity index (χ4v) is 3.16. The van der Waals surface area contributed by atoms with Crippen LogP contribution >= 0.6 is 0 Å². The molecule has 0 aliphatic carbocycles. The SMILES string of the molecule is C=C(C)C[C@]1([C@H](C)/C=C/C)CO1.C=C(C)C[C@]1([C@H](C)/C=C/CO)CO1.O=C=O. The van der Waals surface area contributed by atoms with E-state index in [1.165, 1.54) is 5.57 Å². The van der Waals surface area contributed by atoms with Crippen molar-refractivity contribution in [3.05, 3.63) is 48.6 Å². The van der Waals surface area contributed by atoms with Crippen molar-refractivity contribution in [3.8, 4) is 0 Å². The van der Waals surface area contributed by atoms with Gasteiger partial charge < -0.3 is 14.6 Å². The summed E-state index contributed by atoms with van der Waals surface area (Å²) in [6.45, 7) is 20.1. The molecule has 2 fully saturated rings. The van der Waals surface area contributed by atoms with E-state index in [0.717, 1.165) is 31.6 Å². The number of hydrogen-bond donors (Lipinski definition) is 1. The molecule has 0 spiro atoms. The molecular weight excluding hydrogens is 356 g/mol. The highest BCUT2D eigenvalue weighted by molar-refractivity contribution is 5.20. The van der Waals surface area contributed by atoms with Crippen molar-refractivity contribution < 1.29 is 24.2 Å². The lowest BCUT2D eigenvalue weighted by molar-refractivity contribution is -0.191. The predicted octanol–water partition coefficient (Wildman–Crippen LogP) is 4.26. The lowest BCUT2D eigenvalue weighted by Crippen LogP contribution is -2.20. The summed E-state index contributed by atoms with van der Waals surface area (Å²) < 4.78 is 11.0. The summed E-state index contributed by atoms with van der Waals surface area (Å²) in [4.78, 5) is 16.2. The maximum atomic E-state index is 8.64. The van der Waals surface area contributed by atoms with Crippen LogP contribution in [0.5, 0.6) is 0 Å². The maximum absolute atomic E-state index is 8.64. The highest BCUT2D eigenvalue weighted by Crippen LogP contribution is 2.42. The molecule has 2 aliphatic rings. The van der Waals surface area contributed by atoms with Crippen LogP contribution in [0.3, 0.4) is 0 Å². The van der Waals surface area contributed by atoms with Crippen LogP contribution in [0.2, 0.25) is 0 Å². The number of rotatable bonds is 9. The van der Waals surface area contributed by atoms with Gasteiger partial charge in [0.25, 0.3) is 0 Å². The molecule has 1 N–H and O–H groups in total. The van der Waals surface area contributed by atoms with E-state index in [1.807, 2.05) is 19.9 Å². The van der Waals surface area contributed by atoms with Gasteiger partial charge in [0.2, 0.25) is 0 Å². The number of hydrogen-bond acceptors (Lipinski definition) is 5. The van der Waals surface area contributed by atoms with Crippen molar-refractivity contribution in [1.82, 2.24) is 0 Å². The first-order chi connectivity index (χ1) is 13.1. The average molecular weight is 393 g/mol. The summed E-state index contributed by atoms with van der Waals surface area (Å²) >= 11 is 0. The normalized spacial score (nSPS) is 26.9. The number of allylic oxidation sites excluding steroid dienone is 1. The molecule has 2 rings (SSSR count). The first-order valence-corrected chi connectivity index (χ1v) is 9.59. The molecule has 0 unspecified atom stereocenters. The van der Waals surface area contributed by atoms with E-state index in [-0.39, 0.29) is 24.0 Å². The summed E-state index contributed by atoms with van der Waals surface area (Å²) in [5.74, 6) is 0.871. The van der Waals surface area contributed by atoms with Crippen LogP contribution in [-0.2, 0) is 19.1 Å². The zero-order valence-electron chi connectivity index (χ0n) is 18.0.